The van der Waals surface area contributed by atoms with Gasteiger partial charge in [-0.25, -0.2) is 0 Å². The number of rotatable bonds is 5. The largest absolute Gasteiger partial charge is 0.480 e. The molecule has 1 amide bonds. The molecule has 0 saturated carbocycles. The summed E-state index contributed by atoms with van der Waals surface area (Å²) in [5.41, 5.74) is 2.01. The van der Waals surface area contributed by atoms with E-state index in [1.807, 2.05) is 26.0 Å². The number of carbonyl (C=O) groups is 1. The lowest BCUT2D eigenvalue weighted by molar-refractivity contribution is -0.127. The van der Waals surface area contributed by atoms with Crippen molar-refractivity contribution < 1.29 is 9.53 Å². The number of amides is 1. The Bertz CT molecular complexity index is 434. The second kappa shape index (κ2) is 6.59. The van der Waals surface area contributed by atoms with Gasteiger partial charge >= 0.3 is 0 Å². The van der Waals surface area contributed by atoms with E-state index >= 15 is 0 Å². The van der Waals surface area contributed by atoms with Gasteiger partial charge in [-0.05, 0) is 44.0 Å². The minimum absolute atomic E-state index is 0.142. The molecule has 0 aliphatic heterocycles. The van der Waals surface area contributed by atoms with Crippen molar-refractivity contribution in [1.82, 2.24) is 5.32 Å². The van der Waals surface area contributed by atoms with E-state index in [9.17, 15) is 4.79 Å². The van der Waals surface area contributed by atoms with Gasteiger partial charge in [-0.1, -0.05) is 22.0 Å². The molecule has 0 saturated heterocycles. The number of aryl methyl sites for hydroxylation is 2. The van der Waals surface area contributed by atoms with Gasteiger partial charge in [0, 0.05) is 11.0 Å². The predicted molar refractivity (Wildman–Crippen MR) is 76.9 cm³/mol. The van der Waals surface area contributed by atoms with Gasteiger partial charge in [0.25, 0.3) is 5.91 Å². The van der Waals surface area contributed by atoms with Crippen LogP contribution in [0.2, 0.25) is 0 Å². The van der Waals surface area contributed by atoms with Crippen molar-refractivity contribution >= 4 is 21.8 Å². The lowest BCUT2D eigenvalue weighted by atomic mass is 10.1. The van der Waals surface area contributed by atoms with Crippen molar-refractivity contribution in [2.24, 2.45) is 0 Å². The first-order chi connectivity index (χ1) is 8.45. The van der Waals surface area contributed by atoms with E-state index in [0.717, 1.165) is 21.3 Å². The molecule has 4 heteroatoms. The first-order valence-electron chi connectivity index (χ1n) is 5.77. The SMILES string of the molecule is C=CCNC(=O)C(C)Oc1c(C)cc(Br)cc1C. The van der Waals surface area contributed by atoms with E-state index in [4.69, 9.17) is 4.74 Å². The van der Waals surface area contributed by atoms with Crippen LogP contribution in [-0.4, -0.2) is 18.6 Å². The maximum atomic E-state index is 11.7. The zero-order valence-corrected chi connectivity index (χ0v) is 12.5. The molecule has 1 unspecified atom stereocenters. The molecule has 0 spiro atoms. The van der Waals surface area contributed by atoms with E-state index in [1.54, 1.807) is 13.0 Å². The molecule has 0 aromatic heterocycles. The molecule has 1 N–H and O–H groups in total. The second-order valence-corrected chi connectivity index (χ2v) is 5.08. The molecule has 0 fully saturated rings. The molecule has 1 aromatic carbocycles. The monoisotopic (exact) mass is 311 g/mol. The highest BCUT2D eigenvalue weighted by Crippen LogP contribution is 2.28. The summed E-state index contributed by atoms with van der Waals surface area (Å²) in [6.45, 7) is 9.66. The summed E-state index contributed by atoms with van der Waals surface area (Å²) in [7, 11) is 0. The van der Waals surface area contributed by atoms with E-state index in [-0.39, 0.29) is 5.91 Å². The van der Waals surface area contributed by atoms with Gasteiger partial charge in [-0.15, -0.1) is 6.58 Å². The molecule has 1 rings (SSSR count). The number of nitrogens with one attached hydrogen (secondary N) is 1. The van der Waals surface area contributed by atoms with Crippen molar-refractivity contribution in [3.05, 3.63) is 40.4 Å². The van der Waals surface area contributed by atoms with Crippen molar-refractivity contribution in [3.63, 3.8) is 0 Å². The van der Waals surface area contributed by atoms with Gasteiger partial charge < -0.3 is 10.1 Å². The first kappa shape index (κ1) is 14.8. The third-order valence-corrected chi connectivity index (χ3v) is 2.97. The molecule has 1 atom stereocenters. The summed E-state index contributed by atoms with van der Waals surface area (Å²) in [5.74, 6) is 0.621. The highest BCUT2D eigenvalue weighted by atomic mass is 79.9. The van der Waals surface area contributed by atoms with Gasteiger partial charge in [0.15, 0.2) is 6.10 Å². The third-order valence-electron chi connectivity index (χ3n) is 2.51. The Morgan fingerprint density at radius 3 is 2.56 bits per heavy atom. The van der Waals surface area contributed by atoms with Crippen LogP contribution in [0.3, 0.4) is 0 Å². The molecule has 0 aliphatic carbocycles. The molecule has 3 nitrogen and oxygen atoms in total. The minimum Gasteiger partial charge on any atom is -0.480 e. The Hall–Kier alpha value is -1.29. The summed E-state index contributed by atoms with van der Waals surface area (Å²) in [5, 5.41) is 2.71. The zero-order valence-electron chi connectivity index (χ0n) is 10.9. The third kappa shape index (κ3) is 3.88. The normalized spacial score (nSPS) is 11.8. The van der Waals surface area contributed by atoms with Crippen molar-refractivity contribution in [2.75, 3.05) is 6.54 Å². The highest BCUT2D eigenvalue weighted by Gasteiger charge is 2.16. The molecule has 0 radical (unpaired) electrons. The van der Waals surface area contributed by atoms with Crippen molar-refractivity contribution in [2.45, 2.75) is 26.9 Å². The maximum Gasteiger partial charge on any atom is 0.261 e. The quantitative estimate of drug-likeness (QED) is 0.848. The molecule has 1 aromatic rings. The van der Waals surface area contributed by atoms with E-state index < -0.39 is 6.10 Å². The van der Waals surface area contributed by atoms with Crippen molar-refractivity contribution in [1.29, 1.82) is 0 Å². The fourth-order valence-corrected chi connectivity index (χ4v) is 2.32. The van der Waals surface area contributed by atoms with Crippen molar-refractivity contribution in [3.8, 4) is 5.75 Å². The summed E-state index contributed by atoms with van der Waals surface area (Å²) in [6.07, 6.45) is 1.12. The number of halogens is 1. The molecular weight excluding hydrogens is 294 g/mol. The lowest BCUT2D eigenvalue weighted by Crippen LogP contribution is -2.36. The Kier molecular flexibility index (Phi) is 5.41. The fourth-order valence-electron chi connectivity index (χ4n) is 1.63. The fraction of sp³-hybridized carbons (Fsp3) is 0.357. The van der Waals surface area contributed by atoms with Crippen LogP contribution in [0.25, 0.3) is 0 Å². The number of benzene rings is 1. The van der Waals surface area contributed by atoms with Gasteiger partial charge in [-0.3, -0.25) is 4.79 Å². The first-order valence-corrected chi connectivity index (χ1v) is 6.57. The van der Waals surface area contributed by atoms with Crippen LogP contribution < -0.4 is 10.1 Å². The molecule has 0 heterocycles. The number of hydrogen-bond acceptors (Lipinski definition) is 2. The topological polar surface area (TPSA) is 38.3 Å². The maximum absolute atomic E-state index is 11.7. The second-order valence-electron chi connectivity index (χ2n) is 4.16. The molecule has 0 bridgehead atoms. The number of carbonyl (C=O) groups excluding carboxylic acids is 1. The van der Waals surface area contributed by atoms with E-state index in [2.05, 4.69) is 27.8 Å². The van der Waals surface area contributed by atoms with Gasteiger partial charge in [0.2, 0.25) is 0 Å². The zero-order chi connectivity index (χ0) is 13.7. The molecule has 18 heavy (non-hydrogen) atoms. The smallest absolute Gasteiger partial charge is 0.261 e. The van der Waals surface area contributed by atoms with Crippen LogP contribution in [0.4, 0.5) is 0 Å². The lowest BCUT2D eigenvalue weighted by Gasteiger charge is -2.18. The van der Waals surface area contributed by atoms with Crippen LogP contribution >= 0.6 is 15.9 Å². The molecule has 0 aliphatic rings. The van der Waals surface area contributed by atoms with Crippen LogP contribution in [-0.2, 0) is 4.79 Å². The molecule has 98 valence electrons. The average molecular weight is 312 g/mol. The van der Waals surface area contributed by atoms with Crippen LogP contribution in [0, 0.1) is 13.8 Å². The number of ether oxygens (including phenoxy) is 1. The summed E-state index contributed by atoms with van der Waals surface area (Å²) >= 11 is 3.43. The minimum atomic E-state index is -0.525. The summed E-state index contributed by atoms with van der Waals surface area (Å²) in [4.78, 5) is 11.7. The highest BCUT2D eigenvalue weighted by molar-refractivity contribution is 9.10. The van der Waals surface area contributed by atoms with Gasteiger partial charge in [-0.2, -0.15) is 0 Å². The predicted octanol–water partition coefficient (Wildman–Crippen LogP) is 3.14. The van der Waals surface area contributed by atoms with E-state index in [1.165, 1.54) is 0 Å². The van der Waals surface area contributed by atoms with Gasteiger partial charge in [0.05, 0.1) is 0 Å². The van der Waals surface area contributed by atoms with E-state index in [0.29, 0.717) is 6.54 Å². The molecular formula is C14H18BrNO2. The summed E-state index contributed by atoms with van der Waals surface area (Å²) in [6, 6.07) is 3.94. The van der Waals surface area contributed by atoms with Crippen LogP contribution in [0.1, 0.15) is 18.1 Å². The average Bonchev–Trinajstić information content (AvgIpc) is 2.30. The Labute approximate surface area is 116 Å². The van der Waals surface area contributed by atoms with Crippen LogP contribution in [0.5, 0.6) is 5.75 Å². The number of hydrogen-bond donors (Lipinski definition) is 1. The van der Waals surface area contributed by atoms with Gasteiger partial charge in [0.1, 0.15) is 5.75 Å². The Morgan fingerprint density at radius 2 is 2.06 bits per heavy atom. The Morgan fingerprint density at radius 1 is 1.50 bits per heavy atom. The standard InChI is InChI=1S/C14H18BrNO2/c1-5-6-16-14(17)11(4)18-13-9(2)7-12(15)8-10(13)3/h5,7-8,11H,1,6H2,2-4H3,(H,16,17). The summed E-state index contributed by atoms with van der Waals surface area (Å²) < 4.78 is 6.73. The van der Waals surface area contributed by atoms with Crippen LogP contribution in [0.15, 0.2) is 29.3 Å². The Balaban J connectivity index is 2.78.